The fourth-order valence-corrected chi connectivity index (χ4v) is 1.25. The molecular formula is C10H10O2. The molecule has 0 fully saturated rings. The Morgan fingerprint density at radius 2 is 2.08 bits per heavy atom. The summed E-state index contributed by atoms with van der Waals surface area (Å²) in [5.41, 5.74) is 1.11. The maximum Gasteiger partial charge on any atom is 0.134 e. The second kappa shape index (κ2) is 2.99. The number of rotatable bonds is 2. The van der Waals surface area contributed by atoms with Gasteiger partial charge in [0.05, 0.1) is 6.61 Å². The van der Waals surface area contributed by atoms with Gasteiger partial charge in [-0.3, -0.25) is 0 Å². The first-order valence-electron chi connectivity index (χ1n) is 3.98. The quantitative estimate of drug-likeness (QED) is 0.731. The lowest BCUT2D eigenvalue weighted by molar-refractivity contribution is 0.287. The highest BCUT2D eigenvalue weighted by Crippen LogP contribution is 2.23. The summed E-state index contributed by atoms with van der Waals surface area (Å²) in [6.45, 7) is 0.135. The molecule has 0 saturated carbocycles. The van der Waals surface area contributed by atoms with Gasteiger partial charge in [-0.25, -0.2) is 0 Å². The molecule has 1 N–H and O–H groups in total. The normalized spacial score (nSPS) is 10.8. The molecule has 2 heteroatoms. The summed E-state index contributed by atoms with van der Waals surface area (Å²) in [6, 6.07) is 9.79. The molecule has 2 rings (SSSR count). The Kier molecular flexibility index (Phi) is 1.84. The van der Waals surface area contributed by atoms with E-state index >= 15 is 0 Å². The van der Waals surface area contributed by atoms with Gasteiger partial charge in [0.15, 0.2) is 0 Å². The standard InChI is InChI=1S/C10H10O2/c11-7-6-9-5-4-8-2-1-3-10(8)12-9/h1-5,11H,6-7H2. The summed E-state index contributed by atoms with van der Waals surface area (Å²) < 4.78 is 5.48. The number of fused-ring (bicyclic) bond motifs is 1. The molecule has 0 aromatic rings. The first-order valence-corrected chi connectivity index (χ1v) is 3.98. The van der Waals surface area contributed by atoms with Crippen molar-refractivity contribution in [3.05, 3.63) is 36.1 Å². The molecule has 0 spiro atoms. The number of aliphatic hydroxyl groups excluding tert-OH is 1. The van der Waals surface area contributed by atoms with E-state index in [1.54, 1.807) is 0 Å². The number of hydrogen-bond acceptors (Lipinski definition) is 2. The SMILES string of the molecule is OCCc1ccc2cccc-2o1. The largest absolute Gasteiger partial charge is 0.461 e. The lowest BCUT2D eigenvalue weighted by Gasteiger charge is -2.01. The summed E-state index contributed by atoms with van der Waals surface area (Å²) in [7, 11) is 0. The van der Waals surface area contributed by atoms with Crippen molar-refractivity contribution in [2.24, 2.45) is 0 Å². The zero-order valence-corrected chi connectivity index (χ0v) is 6.66. The van der Waals surface area contributed by atoms with Crippen LogP contribution < -0.4 is 0 Å². The van der Waals surface area contributed by atoms with Crippen molar-refractivity contribution in [1.82, 2.24) is 0 Å². The molecule has 0 amide bonds. The summed E-state index contributed by atoms with van der Waals surface area (Å²) in [5.74, 6) is 1.72. The highest BCUT2D eigenvalue weighted by molar-refractivity contribution is 5.59. The third-order valence-corrected chi connectivity index (χ3v) is 1.86. The molecule has 2 aliphatic rings. The monoisotopic (exact) mass is 162 g/mol. The van der Waals surface area contributed by atoms with Crippen LogP contribution in [-0.4, -0.2) is 11.7 Å². The Labute approximate surface area is 70.8 Å². The molecule has 0 unspecified atom stereocenters. The van der Waals surface area contributed by atoms with E-state index in [2.05, 4.69) is 0 Å². The smallest absolute Gasteiger partial charge is 0.134 e. The fourth-order valence-electron chi connectivity index (χ4n) is 1.25. The topological polar surface area (TPSA) is 33.4 Å². The van der Waals surface area contributed by atoms with Crippen LogP contribution in [-0.2, 0) is 6.42 Å². The third kappa shape index (κ3) is 1.21. The van der Waals surface area contributed by atoms with Gasteiger partial charge >= 0.3 is 0 Å². The summed E-state index contributed by atoms with van der Waals surface area (Å²) >= 11 is 0. The fraction of sp³-hybridized carbons (Fsp3) is 0.200. The lowest BCUT2D eigenvalue weighted by atomic mass is 10.2. The molecule has 0 aromatic carbocycles. The molecule has 1 aliphatic carbocycles. The Morgan fingerprint density at radius 1 is 1.17 bits per heavy atom. The second-order valence-electron chi connectivity index (χ2n) is 2.72. The zero-order chi connectivity index (χ0) is 8.39. The van der Waals surface area contributed by atoms with Crippen LogP contribution in [0.3, 0.4) is 0 Å². The van der Waals surface area contributed by atoms with Crippen LogP contribution >= 0.6 is 0 Å². The van der Waals surface area contributed by atoms with Gasteiger partial charge in [0.1, 0.15) is 11.5 Å². The zero-order valence-electron chi connectivity index (χ0n) is 6.66. The van der Waals surface area contributed by atoms with Crippen LogP contribution in [0.25, 0.3) is 11.3 Å². The van der Waals surface area contributed by atoms with Gasteiger partial charge in [0, 0.05) is 12.0 Å². The van der Waals surface area contributed by atoms with Crippen LogP contribution in [0.4, 0.5) is 0 Å². The van der Waals surface area contributed by atoms with Crippen LogP contribution in [0.2, 0.25) is 0 Å². The van der Waals surface area contributed by atoms with Gasteiger partial charge in [-0.2, -0.15) is 0 Å². The van der Waals surface area contributed by atoms with E-state index in [0.29, 0.717) is 6.42 Å². The molecule has 0 radical (unpaired) electrons. The first kappa shape index (κ1) is 7.37. The van der Waals surface area contributed by atoms with Crippen molar-refractivity contribution in [2.75, 3.05) is 6.61 Å². The Bertz CT molecular complexity index is 338. The van der Waals surface area contributed by atoms with E-state index in [9.17, 15) is 0 Å². The minimum atomic E-state index is 0.135. The van der Waals surface area contributed by atoms with Gasteiger partial charge in [0.25, 0.3) is 0 Å². The Balaban J connectivity index is 2.40. The molecule has 1 heterocycles. The average Bonchev–Trinajstić information content (AvgIpc) is 2.51. The van der Waals surface area contributed by atoms with Crippen molar-refractivity contribution >= 4 is 0 Å². The predicted molar refractivity (Wildman–Crippen MR) is 46.1 cm³/mol. The maximum absolute atomic E-state index is 8.68. The van der Waals surface area contributed by atoms with Crippen LogP contribution in [0.15, 0.2) is 34.7 Å². The minimum absolute atomic E-state index is 0.135. The van der Waals surface area contributed by atoms with Gasteiger partial charge in [0.2, 0.25) is 0 Å². The molecular weight excluding hydrogens is 152 g/mol. The summed E-state index contributed by atoms with van der Waals surface area (Å²) in [5, 5.41) is 8.68. The van der Waals surface area contributed by atoms with Crippen molar-refractivity contribution in [3.8, 4) is 11.3 Å². The third-order valence-electron chi connectivity index (χ3n) is 1.86. The van der Waals surface area contributed by atoms with E-state index in [-0.39, 0.29) is 6.61 Å². The molecule has 12 heavy (non-hydrogen) atoms. The summed E-state index contributed by atoms with van der Waals surface area (Å²) in [4.78, 5) is 0. The molecule has 2 nitrogen and oxygen atoms in total. The van der Waals surface area contributed by atoms with Gasteiger partial charge in [-0.05, 0) is 18.2 Å². The Morgan fingerprint density at radius 3 is 2.92 bits per heavy atom. The second-order valence-corrected chi connectivity index (χ2v) is 2.72. The number of aliphatic hydroxyl groups is 1. The van der Waals surface area contributed by atoms with Crippen LogP contribution in [0.1, 0.15) is 5.76 Å². The van der Waals surface area contributed by atoms with Gasteiger partial charge in [-0.1, -0.05) is 12.1 Å². The highest BCUT2D eigenvalue weighted by atomic mass is 16.3. The van der Waals surface area contributed by atoms with Crippen molar-refractivity contribution in [1.29, 1.82) is 0 Å². The van der Waals surface area contributed by atoms with Crippen LogP contribution in [0, 0.1) is 0 Å². The van der Waals surface area contributed by atoms with E-state index in [4.69, 9.17) is 9.52 Å². The first-order chi connectivity index (χ1) is 5.90. The van der Waals surface area contributed by atoms with Gasteiger partial charge in [-0.15, -0.1) is 0 Å². The average molecular weight is 162 g/mol. The lowest BCUT2D eigenvalue weighted by Crippen LogP contribution is -1.90. The maximum atomic E-state index is 8.68. The summed E-state index contributed by atoms with van der Waals surface area (Å²) in [6.07, 6.45) is 0.584. The van der Waals surface area contributed by atoms with Crippen molar-refractivity contribution in [3.63, 3.8) is 0 Å². The highest BCUT2D eigenvalue weighted by Gasteiger charge is 2.04. The molecule has 0 saturated heterocycles. The van der Waals surface area contributed by atoms with Crippen molar-refractivity contribution < 1.29 is 9.52 Å². The van der Waals surface area contributed by atoms with E-state index in [0.717, 1.165) is 17.1 Å². The number of hydrogen-bond donors (Lipinski definition) is 1. The molecule has 62 valence electrons. The predicted octanol–water partition coefficient (Wildman–Crippen LogP) is 1.92. The minimum Gasteiger partial charge on any atom is -0.461 e. The van der Waals surface area contributed by atoms with E-state index < -0.39 is 0 Å². The van der Waals surface area contributed by atoms with Crippen LogP contribution in [0.5, 0.6) is 0 Å². The van der Waals surface area contributed by atoms with Gasteiger partial charge < -0.3 is 9.52 Å². The Hall–Kier alpha value is -1.28. The van der Waals surface area contributed by atoms with E-state index in [1.807, 2.05) is 30.3 Å². The molecule has 0 bridgehead atoms. The van der Waals surface area contributed by atoms with E-state index in [1.165, 1.54) is 0 Å². The molecule has 0 aromatic heterocycles. The molecule has 0 atom stereocenters. The molecule has 1 aliphatic heterocycles. The van der Waals surface area contributed by atoms with Crippen molar-refractivity contribution in [2.45, 2.75) is 6.42 Å².